The van der Waals surface area contributed by atoms with E-state index in [1.54, 1.807) is 18.2 Å². The maximum absolute atomic E-state index is 13.5. The third-order valence-electron chi connectivity index (χ3n) is 3.71. The van der Waals surface area contributed by atoms with Crippen LogP contribution in [0.1, 0.15) is 11.1 Å². The first-order chi connectivity index (χ1) is 12.6. The third-order valence-corrected chi connectivity index (χ3v) is 4.52. The number of rotatable bonds is 7. The van der Waals surface area contributed by atoms with Gasteiger partial charge in [-0.2, -0.15) is 0 Å². The van der Waals surface area contributed by atoms with E-state index in [-0.39, 0.29) is 17.5 Å². The van der Waals surface area contributed by atoms with Gasteiger partial charge in [0.2, 0.25) is 11.8 Å². The number of hydrogen-bond acceptors (Lipinski definition) is 5. The molecule has 1 amide bonds. The number of thioether (sulfide) groups is 1. The van der Waals surface area contributed by atoms with Crippen LogP contribution in [0, 0.1) is 12.7 Å². The highest BCUT2D eigenvalue weighted by Gasteiger charge is 2.11. The lowest BCUT2D eigenvalue weighted by atomic mass is 10.1. The Hall–Kier alpha value is -2.67. The zero-order chi connectivity index (χ0) is 18.4. The standard InChI is InChI=1S/C19H18FN3O2S/c1-13-6-8-15(9-7-13)18-22-23-19(25-18)26-12-17(24)21-11-10-14-4-2-3-5-16(14)20/h2-9H,10-12H2,1H3,(H,21,24). The quantitative estimate of drug-likeness (QED) is 0.642. The summed E-state index contributed by atoms with van der Waals surface area (Å²) < 4.78 is 19.1. The van der Waals surface area contributed by atoms with Gasteiger partial charge in [0.1, 0.15) is 5.82 Å². The van der Waals surface area contributed by atoms with Crippen LogP contribution in [0.25, 0.3) is 11.5 Å². The number of nitrogens with zero attached hydrogens (tertiary/aromatic N) is 2. The largest absolute Gasteiger partial charge is 0.411 e. The highest BCUT2D eigenvalue weighted by molar-refractivity contribution is 7.99. The first kappa shape index (κ1) is 18.1. The van der Waals surface area contributed by atoms with E-state index in [2.05, 4.69) is 15.5 Å². The summed E-state index contributed by atoms with van der Waals surface area (Å²) >= 11 is 1.17. The number of amides is 1. The van der Waals surface area contributed by atoms with Crippen LogP contribution in [0.3, 0.4) is 0 Å². The van der Waals surface area contributed by atoms with Gasteiger partial charge in [-0.15, -0.1) is 10.2 Å². The molecule has 134 valence electrons. The Labute approximate surface area is 155 Å². The molecular weight excluding hydrogens is 353 g/mol. The maximum Gasteiger partial charge on any atom is 0.277 e. The molecule has 0 saturated carbocycles. The van der Waals surface area contributed by atoms with Gasteiger partial charge in [0, 0.05) is 12.1 Å². The first-order valence-corrected chi connectivity index (χ1v) is 9.14. The zero-order valence-corrected chi connectivity index (χ0v) is 15.1. The molecule has 26 heavy (non-hydrogen) atoms. The summed E-state index contributed by atoms with van der Waals surface area (Å²) in [5.41, 5.74) is 2.57. The number of hydrogen-bond donors (Lipinski definition) is 1. The molecule has 0 saturated heterocycles. The molecule has 0 radical (unpaired) electrons. The molecule has 0 fully saturated rings. The number of benzene rings is 2. The Balaban J connectivity index is 1.45. The minimum absolute atomic E-state index is 0.160. The van der Waals surface area contributed by atoms with Gasteiger partial charge in [-0.1, -0.05) is 47.7 Å². The minimum Gasteiger partial charge on any atom is -0.411 e. The fourth-order valence-corrected chi connectivity index (χ4v) is 2.89. The second-order valence-corrected chi connectivity index (χ2v) is 6.65. The Morgan fingerprint density at radius 3 is 2.69 bits per heavy atom. The van der Waals surface area contributed by atoms with Gasteiger partial charge in [0.15, 0.2) is 0 Å². The molecule has 0 aliphatic heterocycles. The van der Waals surface area contributed by atoms with Crippen LogP contribution in [0.5, 0.6) is 0 Å². The molecule has 5 nitrogen and oxygen atoms in total. The third kappa shape index (κ3) is 4.92. The van der Waals surface area contributed by atoms with Crippen molar-refractivity contribution in [3.8, 4) is 11.5 Å². The summed E-state index contributed by atoms with van der Waals surface area (Å²) in [6.07, 6.45) is 0.446. The second kappa shape index (κ2) is 8.62. The Morgan fingerprint density at radius 2 is 1.92 bits per heavy atom. The summed E-state index contributed by atoms with van der Waals surface area (Å²) in [5.74, 6) is 0.159. The summed E-state index contributed by atoms with van der Waals surface area (Å²) in [6.45, 7) is 2.38. The molecule has 1 heterocycles. The van der Waals surface area contributed by atoms with E-state index in [0.29, 0.717) is 29.6 Å². The number of aryl methyl sites for hydroxylation is 1. The van der Waals surface area contributed by atoms with Gasteiger partial charge < -0.3 is 9.73 Å². The molecule has 1 aromatic heterocycles. The van der Waals surface area contributed by atoms with E-state index in [9.17, 15) is 9.18 Å². The van der Waals surface area contributed by atoms with Gasteiger partial charge in [0.25, 0.3) is 5.22 Å². The lowest BCUT2D eigenvalue weighted by molar-refractivity contribution is -0.118. The molecule has 1 N–H and O–H groups in total. The first-order valence-electron chi connectivity index (χ1n) is 8.15. The molecule has 3 rings (SSSR count). The molecule has 0 unspecified atom stereocenters. The topological polar surface area (TPSA) is 68.0 Å². The predicted octanol–water partition coefficient (Wildman–Crippen LogP) is 3.64. The van der Waals surface area contributed by atoms with E-state index in [0.717, 1.165) is 11.1 Å². The predicted molar refractivity (Wildman–Crippen MR) is 98.3 cm³/mol. The number of halogens is 1. The molecule has 0 bridgehead atoms. The van der Waals surface area contributed by atoms with E-state index < -0.39 is 0 Å². The van der Waals surface area contributed by atoms with Crippen LogP contribution in [0.4, 0.5) is 4.39 Å². The van der Waals surface area contributed by atoms with E-state index in [1.807, 2.05) is 31.2 Å². The molecular formula is C19H18FN3O2S. The monoisotopic (exact) mass is 371 g/mol. The van der Waals surface area contributed by atoms with Crippen molar-refractivity contribution in [2.45, 2.75) is 18.6 Å². The molecule has 3 aromatic rings. The van der Waals surface area contributed by atoms with Crippen molar-refractivity contribution in [1.29, 1.82) is 0 Å². The van der Waals surface area contributed by atoms with Gasteiger partial charge >= 0.3 is 0 Å². The molecule has 0 aliphatic carbocycles. The van der Waals surface area contributed by atoms with Crippen LogP contribution in [0.15, 0.2) is 58.2 Å². The Bertz CT molecular complexity index is 881. The van der Waals surface area contributed by atoms with Crippen LogP contribution >= 0.6 is 11.8 Å². The maximum atomic E-state index is 13.5. The fourth-order valence-electron chi connectivity index (χ4n) is 2.30. The van der Waals surface area contributed by atoms with Gasteiger partial charge in [-0.25, -0.2) is 4.39 Å². The SMILES string of the molecule is Cc1ccc(-c2nnc(SCC(=O)NCCc3ccccc3F)o2)cc1. The average Bonchev–Trinajstić information content (AvgIpc) is 3.11. The average molecular weight is 371 g/mol. The number of nitrogens with one attached hydrogen (secondary N) is 1. The van der Waals surface area contributed by atoms with E-state index in [1.165, 1.54) is 17.8 Å². The molecule has 0 atom stereocenters. The summed E-state index contributed by atoms with van der Waals surface area (Å²) in [5, 5.41) is 11.0. The Kier molecular flexibility index (Phi) is 6.01. The second-order valence-electron chi connectivity index (χ2n) is 5.72. The molecule has 2 aromatic carbocycles. The zero-order valence-electron chi connectivity index (χ0n) is 14.2. The number of aromatic nitrogens is 2. The summed E-state index contributed by atoms with van der Waals surface area (Å²) in [4.78, 5) is 11.9. The Morgan fingerprint density at radius 1 is 1.15 bits per heavy atom. The number of carbonyl (C=O) groups is 1. The van der Waals surface area contributed by atoms with Crippen LogP contribution in [-0.4, -0.2) is 28.4 Å². The van der Waals surface area contributed by atoms with Crippen molar-refractivity contribution in [2.75, 3.05) is 12.3 Å². The van der Waals surface area contributed by atoms with Gasteiger partial charge in [-0.3, -0.25) is 4.79 Å². The van der Waals surface area contributed by atoms with Crippen molar-refractivity contribution < 1.29 is 13.6 Å². The smallest absolute Gasteiger partial charge is 0.277 e. The van der Waals surface area contributed by atoms with E-state index >= 15 is 0 Å². The highest BCUT2D eigenvalue weighted by atomic mass is 32.2. The van der Waals surface area contributed by atoms with Crippen molar-refractivity contribution >= 4 is 17.7 Å². The fraction of sp³-hybridized carbons (Fsp3) is 0.211. The summed E-state index contributed by atoms with van der Waals surface area (Å²) in [7, 11) is 0. The van der Waals surface area contributed by atoms with Crippen molar-refractivity contribution in [1.82, 2.24) is 15.5 Å². The molecule has 0 spiro atoms. The minimum atomic E-state index is -0.259. The summed E-state index contributed by atoms with van der Waals surface area (Å²) in [6, 6.07) is 14.3. The lowest BCUT2D eigenvalue weighted by Gasteiger charge is -2.05. The van der Waals surface area contributed by atoms with Crippen molar-refractivity contribution in [2.24, 2.45) is 0 Å². The molecule has 0 aliphatic rings. The highest BCUT2D eigenvalue weighted by Crippen LogP contribution is 2.23. The van der Waals surface area contributed by atoms with E-state index in [4.69, 9.17) is 4.42 Å². The van der Waals surface area contributed by atoms with Gasteiger partial charge in [0.05, 0.1) is 5.75 Å². The normalized spacial score (nSPS) is 10.7. The number of carbonyl (C=O) groups excluding carboxylic acids is 1. The lowest BCUT2D eigenvalue weighted by Crippen LogP contribution is -2.27. The van der Waals surface area contributed by atoms with Gasteiger partial charge in [-0.05, 0) is 37.1 Å². The van der Waals surface area contributed by atoms with Crippen LogP contribution < -0.4 is 5.32 Å². The van der Waals surface area contributed by atoms with Crippen LogP contribution in [-0.2, 0) is 11.2 Å². The molecule has 7 heteroatoms. The van der Waals surface area contributed by atoms with Crippen molar-refractivity contribution in [3.63, 3.8) is 0 Å². The van der Waals surface area contributed by atoms with Crippen LogP contribution in [0.2, 0.25) is 0 Å². The van der Waals surface area contributed by atoms with Crippen molar-refractivity contribution in [3.05, 3.63) is 65.5 Å².